The van der Waals surface area contributed by atoms with Gasteiger partial charge in [-0.05, 0) is 133 Å². The van der Waals surface area contributed by atoms with Gasteiger partial charge < -0.3 is 19.7 Å². The lowest BCUT2D eigenvalue weighted by Crippen LogP contribution is -2.18. The van der Waals surface area contributed by atoms with Gasteiger partial charge in [0.05, 0.1) is 13.2 Å². The molecule has 0 heterocycles. The Bertz CT molecular complexity index is 3140. The number of hydrogen-bond donors (Lipinski definition) is 2. The minimum absolute atomic E-state index is 0.0308. The molecule has 0 unspecified atom stereocenters. The van der Waals surface area contributed by atoms with E-state index in [9.17, 15) is 10.2 Å². The van der Waals surface area contributed by atoms with Crippen LogP contribution in [0.1, 0.15) is 184 Å². The highest BCUT2D eigenvalue weighted by Crippen LogP contribution is 2.49. The zero-order valence-electron chi connectivity index (χ0n) is 47.0. The van der Waals surface area contributed by atoms with Crippen LogP contribution < -0.4 is 9.47 Å². The second-order valence-electron chi connectivity index (χ2n) is 26.3. The first-order valence-electron chi connectivity index (χ1n) is 27.7. The standard InChI is InChI=1S/C72H76O4/c1-69(2,3)51-33-43-29-47-37-53(71(7,8)9)39-49(67(47)75-41-63-59-25-17-13-21-55(59)56-22-14-18-26-60(56)63)31-45-35-52(70(4,5)6)36-46(66(45)74)32-50-40-54(72(10,11)12)38-48(30-44(34-51)65(43)73)68(50)76-42-64-61-27-19-15-23-57(61)58-24-16-20-28-62(58)64/h13-28,33-40,63-64,73-74H,29-32,41-42H2,1-12H3. The van der Waals surface area contributed by atoms with E-state index in [-0.39, 0.29) is 33.5 Å². The molecule has 0 radical (unpaired) electrons. The lowest BCUT2D eigenvalue weighted by molar-refractivity contribution is 0.299. The quantitative estimate of drug-likeness (QED) is 0.174. The molecule has 0 saturated heterocycles. The number of fused-ring (bicyclic) bond motifs is 14. The Morgan fingerprint density at radius 2 is 0.539 bits per heavy atom. The fraction of sp³-hybridized carbons (Fsp3) is 0.333. The summed E-state index contributed by atoms with van der Waals surface area (Å²) in [6.07, 6.45) is 1.79. The molecule has 8 aromatic carbocycles. The van der Waals surface area contributed by atoms with Crippen molar-refractivity contribution < 1.29 is 19.7 Å². The Morgan fingerprint density at radius 1 is 0.329 bits per heavy atom. The number of aromatic hydroxyl groups is 2. The van der Waals surface area contributed by atoms with Crippen LogP contribution in [0.4, 0.5) is 0 Å². The number of phenolic OH excluding ortho intramolecular Hbond substituents is 2. The molecule has 0 amide bonds. The first-order valence-corrected chi connectivity index (χ1v) is 27.7. The first-order chi connectivity index (χ1) is 36.0. The zero-order chi connectivity index (χ0) is 53.6. The van der Waals surface area contributed by atoms with Gasteiger partial charge in [0.25, 0.3) is 0 Å². The summed E-state index contributed by atoms with van der Waals surface area (Å²) in [4.78, 5) is 0. The highest BCUT2D eigenvalue weighted by molar-refractivity contribution is 5.80. The summed E-state index contributed by atoms with van der Waals surface area (Å²) in [6.45, 7) is 28.1. The Labute approximate surface area is 452 Å². The molecule has 4 nitrogen and oxygen atoms in total. The van der Waals surface area contributed by atoms with Gasteiger partial charge in [0.1, 0.15) is 23.0 Å². The number of ether oxygens (including phenoxy) is 2. The first kappa shape index (κ1) is 51.1. The number of phenols is 2. The smallest absolute Gasteiger partial charge is 0.126 e. The second-order valence-corrected chi connectivity index (χ2v) is 26.3. The van der Waals surface area contributed by atoms with Crippen molar-refractivity contribution in [1.82, 2.24) is 0 Å². The van der Waals surface area contributed by atoms with Crippen LogP contribution >= 0.6 is 0 Å². The molecular weight excluding hydrogens is 929 g/mol. The molecule has 8 bridgehead atoms. The van der Waals surface area contributed by atoms with E-state index in [2.05, 4.69) is 229 Å². The molecule has 0 saturated carbocycles. The summed E-state index contributed by atoms with van der Waals surface area (Å²) in [5.41, 5.74) is 21.5. The van der Waals surface area contributed by atoms with E-state index in [4.69, 9.17) is 9.47 Å². The van der Waals surface area contributed by atoms with Crippen molar-refractivity contribution in [2.45, 2.75) is 142 Å². The zero-order valence-corrected chi connectivity index (χ0v) is 47.0. The van der Waals surface area contributed by atoms with E-state index < -0.39 is 0 Å². The number of hydrogen-bond acceptors (Lipinski definition) is 4. The maximum atomic E-state index is 13.0. The van der Waals surface area contributed by atoms with E-state index in [1.54, 1.807) is 0 Å². The second kappa shape index (κ2) is 18.9. The molecular formula is C72H76O4. The minimum Gasteiger partial charge on any atom is -0.507 e. The Balaban J connectivity index is 1.13. The monoisotopic (exact) mass is 1000 g/mol. The summed E-state index contributed by atoms with van der Waals surface area (Å²) in [6, 6.07) is 53.1. The lowest BCUT2D eigenvalue weighted by Gasteiger charge is -2.29. The molecule has 0 spiro atoms. The Kier molecular flexibility index (Phi) is 12.7. The normalized spacial score (nSPS) is 14.5. The van der Waals surface area contributed by atoms with Crippen molar-refractivity contribution in [2.75, 3.05) is 13.2 Å². The highest BCUT2D eigenvalue weighted by atomic mass is 16.5. The molecule has 0 fully saturated rings. The molecule has 2 N–H and O–H groups in total. The van der Waals surface area contributed by atoms with Gasteiger partial charge in [-0.2, -0.15) is 0 Å². The van der Waals surface area contributed by atoms with Crippen molar-refractivity contribution in [3.05, 3.63) is 235 Å². The van der Waals surface area contributed by atoms with E-state index in [0.717, 1.165) is 67.1 Å². The number of benzene rings is 8. The average Bonchev–Trinajstić information content (AvgIpc) is 3.88. The third-order valence-corrected chi connectivity index (χ3v) is 16.7. The summed E-state index contributed by atoms with van der Waals surface area (Å²) in [7, 11) is 0. The van der Waals surface area contributed by atoms with Crippen molar-refractivity contribution in [1.29, 1.82) is 0 Å². The van der Waals surface area contributed by atoms with Gasteiger partial charge in [0.2, 0.25) is 0 Å². The maximum absolute atomic E-state index is 13.0. The van der Waals surface area contributed by atoms with Gasteiger partial charge >= 0.3 is 0 Å². The Morgan fingerprint density at radius 3 is 0.763 bits per heavy atom. The third kappa shape index (κ3) is 9.52. The molecule has 0 aromatic heterocycles. The van der Waals surface area contributed by atoms with Gasteiger partial charge in [-0.1, -0.05) is 229 Å². The molecule has 3 aliphatic carbocycles. The topological polar surface area (TPSA) is 58.9 Å². The highest BCUT2D eigenvalue weighted by Gasteiger charge is 2.34. The van der Waals surface area contributed by atoms with E-state index >= 15 is 0 Å². The van der Waals surface area contributed by atoms with Crippen molar-refractivity contribution in [2.24, 2.45) is 0 Å². The van der Waals surface area contributed by atoms with Crippen molar-refractivity contribution >= 4 is 0 Å². The molecule has 0 aliphatic heterocycles. The minimum atomic E-state index is -0.217. The molecule has 8 aromatic rings. The SMILES string of the molecule is CC(C)(C)c1cc2c(O)c(c1)Cc1cc(C(C)(C)C)cc(c1OCC1c3ccccc3-c3ccccc31)Cc1cc(C(C)(C)C)cc(c1O)Cc1cc(C(C)(C)C)cc(c1OCC1c3ccccc3-c3ccccc31)C2. The molecule has 3 aliphatic rings. The van der Waals surface area contributed by atoms with Crippen molar-refractivity contribution in [3.63, 3.8) is 0 Å². The maximum Gasteiger partial charge on any atom is 0.126 e. The third-order valence-electron chi connectivity index (χ3n) is 16.7. The average molecular weight is 1010 g/mol. The van der Waals surface area contributed by atoms with Gasteiger partial charge in [-0.3, -0.25) is 0 Å². The fourth-order valence-corrected chi connectivity index (χ4v) is 12.2. The largest absolute Gasteiger partial charge is 0.507 e. The van der Waals surface area contributed by atoms with Crippen LogP contribution in [0.15, 0.2) is 146 Å². The molecule has 0 atom stereocenters. The van der Waals surface area contributed by atoms with E-state index in [1.807, 2.05) is 0 Å². The Hall–Kier alpha value is -7.04. The van der Waals surface area contributed by atoms with Crippen LogP contribution in [0.2, 0.25) is 0 Å². The lowest BCUT2D eigenvalue weighted by atomic mass is 9.79. The number of rotatable bonds is 6. The van der Waals surface area contributed by atoms with Crippen LogP contribution in [0, 0.1) is 0 Å². The van der Waals surface area contributed by atoms with Crippen LogP contribution in [-0.4, -0.2) is 23.4 Å². The van der Waals surface area contributed by atoms with Gasteiger partial charge in [0, 0.05) is 37.5 Å². The predicted molar refractivity (Wildman–Crippen MR) is 314 cm³/mol. The van der Waals surface area contributed by atoms with E-state index in [0.29, 0.717) is 50.4 Å². The van der Waals surface area contributed by atoms with Crippen LogP contribution in [0.5, 0.6) is 23.0 Å². The summed E-state index contributed by atoms with van der Waals surface area (Å²) in [5.74, 6) is 2.30. The van der Waals surface area contributed by atoms with Gasteiger partial charge in [-0.25, -0.2) is 0 Å². The molecule has 76 heavy (non-hydrogen) atoms. The predicted octanol–water partition coefficient (Wildman–Crippen LogP) is 17.3. The van der Waals surface area contributed by atoms with Crippen LogP contribution in [-0.2, 0) is 47.3 Å². The van der Waals surface area contributed by atoms with Gasteiger partial charge in [0.15, 0.2) is 0 Å². The summed E-state index contributed by atoms with van der Waals surface area (Å²) >= 11 is 0. The summed E-state index contributed by atoms with van der Waals surface area (Å²) in [5, 5.41) is 26.1. The van der Waals surface area contributed by atoms with Gasteiger partial charge in [-0.15, -0.1) is 0 Å². The molecule has 388 valence electrons. The van der Waals surface area contributed by atoms with E-state index in [1.165, 1.54) is 55.6 Å². The van der Waals surface area contributed by atoms with Crippen LogP contribution in [0.25, 0.3) is 22.3 Å². The fourth-order valence-electron chi connectivity index (χ4n) is 12.2. The van der Waals surface area contributed by atoms with Crippen LogP contribution in [0.3, 0.4) is 0 Å². The molecule has 11 rings (SSSR count). The van der Waals surface area contributed by atoms with Crippen molar-refractivity contribution in [3.8, 4) is 45.3 Å². The molecule has 4 heteroatoms. The summed E-state index contributed by atoms with van der Waals surface area (Å²) < 4.78 is 14.9.